The lowest BCUT2D eigenvalue weighted by Crippen LogP contribution is -2.48. The molecule has 3 N–H and O–H groups in total. The highest BCUT2D eigenvalue weighted by atomic mass is 35.5. The molecule has 0 unspecified atom stereocenters. The molecule has 0 fully saturated rings. The number of para-hydroxylation sites is 1. The molecule has 0 aliphatic carbocycles. The number of rotatable bonds is 7. The third-order valence-corrected chi connectivity index (χ3v) is 3.95. The van der Waals surface area contributed by atoms with Crippen molar-refractivity contribution < 1.29 is 19.1 Å². The van der Waals surface area contributed by atoms with Crippen molar-refractivity contribution in [3.05, 3.63) is 64.7 Å². The highest BCUT2D eigenvalue weighted by molar-refractivity contribution is 7.80. The van der Waals surface area contributed by atoms with Gasteiger partial charge in [-0.25, -0.2) is 0 Å². The molecule has 0 heterocycles. The summed E-state index contributed by atoms with van der Waals surface area (Å²) in [5.41, 5.74) is 6.04. The maximum atomic E-state index is 12.4. The second-order valence-corrected chi connectivity index (χ2v) is 6.44. The zero-order chi connectivity index (χ0) is 20.4. The van der Waals surface area contributed by atoms with Gasteiger partial charge in [-0.1, -0.05) is 35.9 Å². The monoisotopic (exact) mass is 421 g/mol. The van der Waals surface area contributed by atoms with E-state index in [9.17, 15) is 9.59 Å². The Hall–Kier alpha value is -2.68. The van der Waals surface area contributed by atoms with Gasteiger partial charge in [-0.3, -0.25) is 25.8 Å². The Kier molecular flexibility index (Phi) is 8.67. The average Bonchev–Trinajstić information content (AvgIpc) is 2.69. The summed E-state index contributed by atoms with van der Waals surface area (Å²) in [4.78, 5) is 24.3. The quantitative estimate of drug-likeness (QED) is 0.361. The van der Waals surface area contributed by atoms with Crippen LogP contribution >= 0.6 is 23.8 Å². The molecule has 2 aromatic carbocycles. The van der Waals surface area contributed by atoms with Crippen molar-refractivity contribution in [1.82, 2.24) is 16.2 Å². The molecule has 0 aromatic heterocycles. The Labute approximate surface area is 173 Å². The van der Waals surface area contributed by atoms with E-state index in [1.54, 1.807) is 55.6 Å². The summed E-state index contributed by atoms with van der Waals surface area (Å²) in [6.45, 7) is 0.708. The number of halogens is 1. The van der Waals surface area contributed by atoms with Crippen LogP contribution < -0.4 is 20.9 Å². The maximum Gasteiger partial charge on any atom is 0.261 e. The van der Waals surface area contributed by atoms with E-state index < -0.39 is 5.91 Å². The molecule has 7 nitrogen and oxygen atoms in total. The van der Waals surface area contributed by atoms with E-state index in [1.165, 1.54) is 0 Å². The Morgan fingerprint density at radius 2 is 1.75 bits per heavy atom. The average molecular weight is 422 g/mol. The van der Waals surface area contributed by atoms with Crippen molar-refractivity contribution in [2.45, 2.75) is 6.42 Å². The molecule has 2 rings (SSSR count). The third kappa shape index (κ3) is 7.15. The largest absolute Gasteiger partial charge is 0.490 e. The van der Waals surface area contributed by atoms with E-state index in [1.807, 2.05) is 0 Å². The summed E-state index contributed by atoms with van der Waals surface area (Å²) in [7, 11) is 1.56. The number of carbonyl (C=O) groups excluding carboxylic acids is 2. The van der Waals surface area contributed by atoms with Gasteiger partial charge < -0.3 is 9.47 Å². The van der Waals surface area contributed by atoms with Gasteiger partial charge in [-0.2, -0.15) is 0 Å². The van der Waals surface area contributed by atoms with E-state index in [0.29, 0.717) is 29.5 Å². The fourth-order valence-electron chi connectivity index (χ4n) is 2.18. The van der Waals surface area contributed by atoms with Crippen molar-refractivity contribution in [3.63, 3.8) is 0 Å². The second kappa shape index (κ2) is 11.2. The first-order valence-corrected chi connectivity index (χ1v) is 9.13. The van der Waals surface area contributed by atoms with Gasteiger partial charge in [-0.05, 0) is 42.0 Å². The normalized spacial score (nSPS) is 10.1. The van der Waals surface area contributed by atoms with Crippen LogP contribution in [0.3, 0.4) is 0 Å². The fraction of sp³-hybridized carbons (Fsp3) is 0.211. The lowest BCUT2D eigenvalue weighted by Gasteiger charge is -2.13. The number of thiocarbonyl (C=S) groups is 1. The minimum Gasteiger partial charge on any atom is -0.490 e. The number of hydrazine groups is 1. The number of amides is 2. The van der Waals surface area contributed by atoms with Gasteiger partial charge in [0.1, 0.15) is 12.4 Å². The summed E-state index contributed by atoms with van der Waals surface area (Å²) in [6.07, 6.45) is 0.136. The molecule has 0 aliphatic rings. The topological polar surface area (TPSA) is 88.7 Å². The zero-order valence-electron chi connectivity index (χ0n) is 15.2. The van der Waals surface area contributed by atoms with Crippen LogP contribution in [0, 0.1) is 0 Å². The summed E-state index contributed by atoms with van der Waals surface area (Å²) >= 11 is 10.9. The smallest absolute Gasteiger partial charge is 0.261 e. The van der Waals surface area contributed by atoms with E-state index in [2.05, 4.69) is 16.2 Å². The molecule has 2 aromatic rings. The second-order valence-electron chi connectivity index (χ2n) is 5.60. The van der Waals surface area contributed by atoms with E-state index in [0.717, 1.165) is 5.56 Å². The molecule has 0 bridgehead atoms. The molecule has 28 heavy (non-hydrogen) atoms. The number of benzene rings is 2. The minimum absolute atomic E-state index is 0.0406. The third-order valence-electron chi connectivity index (χ3n) is 3.50. The van der Waals surface area contributed by atoms with Gasteiger partial charge in [0.05, 0.1) is 18.6 Å². The Balaban J connectivity index is 1.83. The predicted molar refractivity (Wildman–Crippen MR) is 110 cm³/mol. The van der Waals surface area contributed by atoms with Crippen molar-refractivity contribution in [2.24, 2.45) is 0 Å². The number of methoxy groups -OCH3 is 1. The molecule has 0 spiro atoms. The van der Waals surface area contributed by atoms with E-state index >= 15 is 0 Å². The molecule has 9 heteroatoms. The molecular formula is C19H20ClN3O4S. The van der Waals surface area contributed by atoms with Crippen LogP contribution in [0.1, 0.15) is 15.9 Å². The van der Waals surface area contributed by atoms with Crippen molar-refractivity contribution in [3.8, 4) is 5.75 Å². The first kappa shape index (κ1) is 21.6. The van der Waals surface area contributed by atoms with Crippen molar-refractivity contribution in [1.29, 1.82) is 0 Å². The number of nitrogens with one attached hydrogen (secondary N) is 3. The van der Waals surface area contributed by atoms with Crippen LogP contribution in [0.15, 0.2) is 48.5 Å². The predicted octanol–water partition coefficient (Wildman–Crippen LogP) is 2.24. The zero-order valence-corrected chi connectivity index (χ0v) is 16.7. The van der Waals surface area contributed by atoms with Gasteiger partial charge in [0.2, 0.25) is 5.91 Å². The Bertz CT molecular complexity index is 830. The molecular weight excluding hydrogens is 402 g/mol. The lowest BCUT2D eigenvalue weighted by atomic mass is 10.1. The molecule has 0 saturated heterocycles. The van der Waals surface area contributed by atoms with Crippen LogP contribution in [0.25, 0.3) is 0 Å². The van der Waals surface area contributed by atoms with Gasteiger partial charge in [0.25, 0.3) is 5.91 Å². The standard InChI is InChI=1S/C19H20ClN3O4S/c1-26-10-11-27-16-5-3-2-4-15(16)18(25)21-19(28)23-22-17(24)12-13-6-8-14(20)9-7-13/h2-9H,10-12H2,1H3,(H,22,24)(H2,21,23,25,28). The Morgan fingerprint density at radius 3 is 2.46 bits per heavy atom. The van der Waals surface area contributed by atoms with Gasteiger partial charge in [0.15, 0.2) is 5.11 Å². The molecule has 0 atom stereocenters. The van der Waals surface area contributed by atoms with E-state index in [-0.39, 0.29) is 17.4 Å². The number of ether oxygens (including phenoxy) is 2. The minimum atomic E-state index is -0.461. The summed E-state index contributed by atoms with van der Waals surface area (Å²) < 4.78 is 10.5. The van der Waals surface area contributed by atoms with Gasteiger partial charge in [-0.15, -0.1) is 0 Å². The van der Waals surface area contributed by atoms with Crippen LogP contribution in [0.5, 0.6) is 5.75 Å². The number of hydrogen-bond donors (Lipinski definition) is 3. The summed E-state index contributed by atoms with van der Waals surface area (Å²) in [5.74, 6) is -0.369. The first-order chi connectivity index (χ1) is 13.5. The summed E-state index contributed by atoms with van der Waals surface area (Å²) in [6, 6.07) is 13.7. The summed E-state index contributed by atoms with van der Waals surface area (Å²) in [5, 5.41) is 3.05. The highest BCUT2D eigenvalue weighted by Gasteiger charge is 2.14. The van der Waals surface area contributed by atoms with E-state index in [4.69, 9.17) is 33.3 Å². The number of carbonyl (C=O) groups is 2. The molecule has 2 amide bonds. The van der Waals surface area contributed by atoms with Crippen LogP contribution in [-0.2, 0) is 16.0 Å². The SMILES string of the molecule is COCCOc1ccccc1C(=O)NC(=S)NNC(=O)Cc1ccc(Cl)cc1. The lowest BCUT2D eigenvalue weighted by molar-refractivity contribution is -0.121. The maximum absolute atomic E-state index is 12.4. The van der Waals surface area contributed by atoms with Crippen LogP contribution in [0.2, 0.25) is 5.02 Å². The van der Waals surface area contributed by atoms with Crippen LogP contribution in [-0.4, -0.2) is 37.3 Å². The fourth-order valence-corrected chi connectivity index (χ4v) is 2.44. The van der Waals surface area contributed by atoms with Gasteiger partial charge >= 0.3 is 0 Å². The molecule has 0 aliphatic heterocycles. The molecule has 0 saturated carbocycles. The van der Waals surface area contributed by atoms with Crippen molar-refractivity contribution >= 4 is 40.7 Å². The first-order valence-electron chi connectivity index (χ1n) is 8.35. The number of hydrogen-bond acceptors (Lipinski definition) is 5. The molecule has 148 valence electrons. The van der Waals surface area contributed by atoms with Crippen molar-refractivity contribution in [2.75, 3.05) is 20.3 Å². The molecule has 0 radical (unpaired) electrons. The van der Waals surface area contributed by atoms with Crippen LogP contribution in [0.4, 0.5) is 0 Å². The highest BCUT2D eigenvalue weighted by Crippen LogP contribution is 2.17. The van der Waals surface area contributed by atoms with Gasteiger partial charge in [0, 0.05) is 12.1 Å². The Morgan fingerprint density at radius 1 is 1.04 bits per heavy atom.